The highest BCUT2D eigenvalue weighted by Crippen LogP contribution is 2.20. The smallest absolute Gasteiger partial charge is 0.255 e. The predicted octanol–water partition coefficient (Wildman–Crippen LogP) is 2.60. The Kier molecular flexibility index (Phi) is 3.89. The molecule has 0 aliphatic heterocycles. The Balaban J connectivity index is 1.74. The average Bonchev–Trinajstić information content (AvgIpc) is 2.93. The van der Waals surface area contributed by atoms with Crippen LogP contribution in [0.3, 0.4) is 0 Å². The molecule has 22 heavy (non-hydrogen) atoms. The van der Waals surface area contributed by atoms with Gasteiger partial charge in [-0.25, -0.2) is 4.98 Å². The van der Waals surface area contributed by atoms with Crippen LogP contribution in [0.5, 0.6) is 0 Å². The van der Waals surface area contributed by atoms with Gasteiger partial charge in [0.1, 0.15) is 5.52 Å². The highest BCUT2D eigenvalue weighted by Gasteiger charge is 2.15. The van der Waals surface area contributed by atoms with Crippen molar-refractivity contribution >= 4 is 17.0 Å². The van der Waals surface area contributed by atoms with Crippen molar-refractivity contribution in [3.63, 3.8) is 0 Å². The van der Waals surface area contributed by atoms with Crippen LogP contribution in [0, 0.1) is 6.92 Å². The fourth-order valence-corrected chi connectivity index (χ4v) is 2.32. The number of rotatable bonds is 4. The lowest BCUT2D eigenvalue weighted by molar-refractivity contribution is 0.0917. The van der Waals surface area contributed by atoms with E-state index in [0.29, 0.717) is 22.6 Å². The lowest BCUT2D eigenvalue weighted by Gasteiger charge is -2.12. The van der Waals surface area contributed by atoms with Crippen LogP contribution >= 0.6 is 0 Å². The third-order valence-electron chi connectivity index (χ3n) is 3.41. The Morgan fingerprint density at radius 1 is 1.23 bits per heavy atom. The van der Waals surface area contributed by atoms with Crippen LogP contribution in [0.2, 0.25) is 0 Å². The zero-order valence-corrected chi connectivity index (χ0v) is 12.1. The van der Waals surface area contributed by atoms with Crippen molar-refractivity contribution in [3.8, 4) is 0 Å². The molecule has 1 atom stereocenters. The Morgan fingerprint density at radius 2 is 2.00 bits per heavy atom. The minimum Gasteiger partial charge on any atom is -0.440 e. The molecule has 1 amide bonds. The van der Waals surface area contributed by atoms with Crippen molar-refractivity contribution in [1.29, 1.82) is 0 Å². The van der Waals surface area contributed by atoms with E-state index in [0.717, 1.165) is 5.56 Å². The monoisotopic (exact) mass is 296 g/mol. The molecule has 0 bridgehead atoms. The van der Waals surface area contributed by atoms with Crippen LogP contribution in [-0.4, -0.2) is 22.5 Å². The summed E-state index contributed by atoms with van der Waals surface area (Å²) in [4.78, 5) is 16.5. The zero-order valence-electron chi connectivity index (χ0n) is 12.1. The molecule has 2 N–H and O–H groups in total. The van der Waals surface area contributed by atoms with Gasteiger partial charge in [-0.2, -0.15) is 0 Å². The number of nitrogens with one attached hydrogen (secondary N) is 1. The molecule has 0 fully saturated rings. The van der Waals surface area contributed by atoms with E-state index in [9.17, 15) is 9.90 Å². The molecular weight excluding hydrogens is 280 g/mol. The number of hydrogen-bond acceptors (Lipinski definition) is 4. The van der Waals surface area contributed by atoms with Gasteiger partial charge in [-0.15, -0.1) is 0 Å². The average molecular weight is 296 g/mol. The Labute approximate surface area is 127 Å². The first-order valence-corrected chi connectivity index (χ1v) is 7.02. The number of nitrogens with zero attached hydrogens (tertiary/aromatic N) is 1. The van der Waals surface area contributed by atoms with E-state index in [4.69, 9.17) is 4.42 Å². The number of amides is 1. The van der Waals surface area contributed by atoms with E-state index in [2.05, 4.69) is 10.3 Å². The number of carbonyl (C=O) groups is 1. The van der Waals surface area contributed by atoms with E-state index in [1.165, 1.54) is 0 Å². The van der Waals surface area contributed by atoms with Crippen LogP contribution in [0.15, 0.2) is 52.9 Å². The molecule has 0 aliphatic carbocycles. The summed E-state index contributed by atoms with van der Waals surface area (Å²) in [5, 5.41) is 12.8. The number of oxazole rings is 1. The zero-order chi connectivity index (χ0) is 15.5. The van der Waals surface area contributed by atoms with Crippen molar-refractivity contribution in [2.75, 3.05) is 6.54 Å². The van der Waals surface area contributed by atoms with Gasteiger partial charge in [0.25, 0.3) is 5.91 Å². The summed E-state index contributed by atoms with van der Waals surface area (Å²) >= 11 is 0. The number of carbonyl (C=O) groups excluding carboxylic acids is 1. The topological polar surface area (TPSA) is 75.4 Å². The van der Waals surface area contributed by atoms with Gasteiger partial charge in [-0.05, 0) is 17.7 Å². The Bertz CT molecular complexity index is 796. The van der Waals surface area contributed by atoms with Crippen LogP contribution in [0.4, 0.5) is 0 Å². The molecule has 3 rings (SSSR count). The number of benzene rings is 2. The Morgan fingerprint density at radius 3 is 2.77 bits per heavy atom. The Hall–Kier alpha value is -2.66. The third-order valence-corrected chi connectivity index (χ3v) is 3.41. The molecule has 0 aliphatic rings. The van der Waals surface area contributed by atoms with Gasteiger partial charge >= 0.3 is 0 Å². The fraction of sp³-hybridized carbons (Fsp3) is 0.176. The molecule has 2 aromatic carbocycles. The van der Waals surface area contributed by atoms with Gasteiger partial charge in [0.2, 0.25) is 0 Å². The summed E-state index contributed by atoms with van der Waals surface area (Å²) in [7, 11) is 0. The number of aromatic nitrogens is 1. The molecule has 112 valence electrons. The lowest BCUT2D eigenvalue weighted by Crippen LogP contribution is -2.28. The van der Waals surface area contributed by atoms with Crippen molar-refractivity contribution in [1.82, 2.24) is 10.3 Å². The van der Waals surface area contributed by atoms with Gasteiger partial charge in [0, 0.05) is 13.5 Å². The maximum Gasteiger partial charge on any atom is 0.255 e. The first-order chi connectivity index (χ1) is 10.6. The molecule has 3 aromatic rings. The van der Waals surface area contributed by atoms with E-state index in [-0.39, 0.29) is 12.5 Å². The second kappa shape index (κ2) is 5.99. The molecule has 0 saturated heterocycles. The molecule has 0 radical (unpaired) electrons. The number of aliphatic hydroxyl groups is 1. The summed E-state index contributed by atoms with van der Waals surface area (Å²) in [5.41, 5.74) is 2.29. The van der Waals surface area contributed by atoms with Crippen molar-refractivity contribution < 1.29 is 14.3 Å². The van der Waals surface area contributed by atoms with Crippen LogP contribution < -0.4 is 5.32 Å². The largest absolute Gasteiger partial charge is 0.440 e. The second-order valence-electron chi connectivity index (χ2n) is 5.02. The maximum absolute atomic E-state index is 12.3. The summed E-state index contributed by atoms with van der Waals surface area (Å²) in [6.45, 7) is 1.87. The normalized spacial score (nSPS) is 12.3. The number of aryl methyl sites for hydroxylation is 1. The molecule has 1 heterocycles. The SMILES string of the molecule is Cc1nc2cccc(C(=O)NC[C@H](O)c3ccccc3)c2o1. The molecular formula is C17H16N2O3. The third kappa shape index (κ3) is 2.84. The maximum atomic E-state index is 12.3. The van der Waals surface area contributed by atoms with Crippen LogP contribution in [-0.2, 0) is 0 Å². The lowest BCUT2D eigenvalue weighted by atomic mass is 10.1. The van der Waals surface area contributed by atoms with Crippen molar-refractivity contribution in [2.45, 2.75) is 13.0 Å². The summed E-state index contributed by atoms with van der Waals surface area (Å²) in [5.74, 6) is 0.219. The van der Waals surface area contributed by atoms with Crippen molar-refractivity contribution in [3.05, 3.63) is 65.5 Å². The number of para-hydroxylation sites is 1. The van der Waals surface area contributed by atoms with E-state index in [1.807, 2.05) is 30.3 Å². The quantitative estimate of drug-likeness (QED) is 0.776. The number of fused-ring (bicyclic) bond motifs is 1. The molecule has 5 nitrogen and oxygen atoms in total. The van der Waals surface area contributed by atoms with Gasteiger partial charge in [-0.1, -0.05) is 36.4 Å². The van der Waals surface area contributed by atoms with Crippen molar-refractivity contribution in [2.24, 2.45) is 0 Å². The first-order valence-electron chi connectivity index (χ1n) is 7.02. The van der Waals surface area contributed by atoms with Gasteiger partial charge in [0.05, 0.1) is 11.7 Å². The molecule has 0 saturated carbocycles. The molecule has 1 aromatic heterocycles. The summed E-state index contributed by atoms with van der Waals surface area (Å²) in [6.07, 6.45) is -0.749. The predicted molar refractivity (Wildman–Crippen MR) is 82.5 cm³/mol. The van der Waals surface area contributed by atoms with Gasteiger partial charge < -0.3 is 14.8 Å². The summed E-state index contributed by atoms with van der Waals surface area (Å²) < 4.78 is 5.48. The van der Waals surface area contributed by atoms with Crippen LogP contribution in [0.1, 0.15) is 27.9 Å². The van der Waals surface area contributed by atoms with E-state index >= 15 is 0 Å². The standard InChI is InChI=1S/C17H16N2O3/c1-11-19-14-9-5-8-13(16(14)22-11)17(21)18-10-15(20)12-6-3-2-4-7-12/h2-9,15,20H,10H2,1H3,(H,18,21)/t15-/m0/s1. The highest BCUT2D eigenvalue weighted by molar-refractivity contribution is 6.04. The van der Waals surface area contributed by atoms with E-state index in [1.54, 1.807) is 25.1 Å². The summed E-state index contributed by atoms with van der Waals surface area (Å²) in [6, 6.07) is 14.4. The molecule has 0 unspecified atom stereocenters. The molecule has 5 heteroatoms. The second-order valence-corrected chi connectivity index (χ2v) is 5.02. The minimum atomic E-state index is -0.749. The van der Waals surface area contributed by atoms with Gasteiger partial charge in [-0.3, -0.25) is 4.79 Å². The van der Waals surface area contributed by atoms with Gasteiger partial charge in [0.15, 0.2) is 11.5 Å². The highest BCUT2D eigenvalue weighted by atomic mass is 16.3. The van der Waals surface area contributed by atoms with E-state index < -0.39 is 6.10 Å². The number of aliphatic hydroxyl groups excluding tert-OH is 1. The van der Waals surface area contributed by atoms with Crippen LogP contribution in [0.25, 0.3) is 11.1 Å². The first kappa shape index (κ1) is 14.3. The minimum absolute atomic E-state index is 0.131. The number of hydrogen-bond donors (Lipinski definition) is 2. The fourth-order valence-electron chi connectivity index (χ4n) is 2.32. The molecule has 0 spiro atoms.